The standard InChI is InChI=1S/C16H20N2O2/c1-10-7-8-12(15(19-3)11(10)2)14(17)13-6-5-9-18-16(13)20-4/h5-9,14H,17H2,1-4H3. The van der Waals surface area contributed by atoms with Crippen LogP contribution < -0.4 is 15.2 Å². The van der Waals surface area contributed by atoms with E-state index in [1.807, 2.05) is 25.1 Å². The van der Waals surface area contributed by atoms with Crippen LogP contribution in [0.15, 0.2) is 30.5 Å². The Morgan fingerprint density at radius 2 is 1.80 bits per heavy atom. The molecule has 0 fully saturated rings. The zero-order valence-electron chi connectivity index (χ0n) is 12.3. The zero-order valence-corrected chi connectivity index (χ0v) is 12.3. The number of nitrogens with zero attached hydrogens (tertiary/aromatic N) is 1. The summed E-state index contributed by atoms with van der Waals surface area (Å²) in [4.78, 5) is 4.20. The lowest BCUT2D eigenvalue weighted by Crippen LogP contribution is -2.15. The SMILES string of the molecule is COc1ncccc1C(N)c1ccc(C)c(C)c1OC. The average Bonchev–Trinajstić information content (AvgIpc) is 2.49. The predicted molar refractivity (Wildman–Crippen MR) is 79.3 cm³/mol. The Labute approximate surface area is 119 Å². The highest BCUT2D eigenvalue weighted by atomic mass is 16.5. The average molecular weight is 272 g/mol. The van der Waals surface area contributed by atoms with Crippen LogP contribution in [0.5, 0.6) is 11.6 Å². The van der Waals surface area contributed by atoms with Crippen molar-refractivity contribution in [2.45, 2.75) is 19.9 Å². The van der Waals surface area contributed by atoms with Crippen molar-refractivity contribution in [3.8, 4) is 11.6 Å². The van der Waals surface area contributed by atoms with Crippen LogP contribution in [0.1, 0.15) is 28.3 Å². The first-order chi connectivity index (χ1) is 9.60. The Kier molecular flexibility index (Phi) is 4.25. The van der Waals surface area contributed by atoms with E-state index in [2.05, 4.69) is 18.0 Å². The van der Waals surface area contributed by atoms with Gasteiger partial charge in [-0.05, 0) is 31.0 Å². The third-order valence-corrected chi connectivity index (χ3v) is 3.58. The second kappa shape index (κ2) is 5.92. The van der Waals surface area contributed by atoms with Crippen molar-refractivity contribution in [2.75, 3.05) is 14.2 Å². The van der Waals surface area contributed by atoms with E-state index in [9.17, 15) is 0 Å². The van der Waals surface area contributed by atoms with Gasteiger partial charge in [-0.15, -0.1) is 0 Å². The number of pyridine rings is 1. The van der Waals surface area contributed by atoms with Gasteiger partial charge in [0.15, 0.2) is 0 Å². The van der Waals surface area contributed by atoms with Crippen LogP contribution in [0.2, 0.25) is 0 Å². The van der Waals surface area contributed by atoms with Gasteiger partial charge in [0.1, 0.15) is 5.75 Å². The molecular weight excluding hydrogens is 252 g/mol. The molecule has 0 radical (unpaired) electrons. The number of ether oxygens (including phenoxy) is 2. The van der Waals surface area contributed by atoms with E-state index in [-0.39, 0.29) is 6.04 Å². The first-order valence-electron chi connectivity index (χ1n) is 6.48. The fraction of sp³-hybridized carbons (Fsp3) is 0.312. The summed E-state index contributed by atoms with van der Waals surface area (Å²) < 4.78 is 10.8. The Bertz CT molecular complexity index is 611. The molecule has 20 heavy (non-hydrogen) atoms. The predicted octanol–water partition coefficient (Wildman–Crippen LogP) is 2.76. The first-order valence-corrected chi connectivity index (χ1v) is 6.48. The second-order valence-corrected chi connectivity index (χ2v) is 4.71. The lowest BCUT2D eigenvalue weighted by atomic mass is 9.95. The fourth-order valence-electron chi connectivity index (χ4n) is 2.30. The van der Waals surface area contributed by atoms with Crippen molar-refractivity contribution in [1.29, 1.82) is 0 Å². The molecule has 0 spiro atoms. The number of aromatic nitrogens is 1. The van der Waals surface area contributed by atoms with Crippen LogP contribution >= 0.6 is 0 Å². The molecule has 4 heteroatoms. The van der Waals surface area contributed by atoms with Crippen LogP contribution in [-0.4, -0.2) is 19.2 Å². The highest BCUT2D eigenvalue weighted by molar-refractivity contribution is 5.50. The topological polar surface area (TPSA) is 57.4 Å². The molecule has 0 saturated heterocycles. The molecule has 106 valence electrons. The molecular formula is C16H20N2O2. The van der Waals surface area contributed by atoms with Crippen molar-refractivity contribution in [1.82, 2.24) is 4.98 Å². The summed E-state index contributed by atoms with van der Waals surface area (Å²) in [5.74, 6) is 1.36. The molecule has 2 rings (SSSR count). The van der Waals surface area contributed by atoms with E-state index in [0.717, 1.165) is 22.4 Å². The Balaban J connectivity index is 2.53. The third kappa shape index (κ3) is 2.47. The monoisotopic (exact) mass is 272 g/mol. The van der Waals surface area contributed by atoms with Crippen LogP contribution in [0.4, 0.5) is 0 Å². The van der Waals surface area contributed by atoms with Gasteiger partial charge < -0.3 is 15.2 Å². The molecule has 0 aliphatic rings. The van der Waals surface area contributed by atoms with Gasteiger partial charge in [0.05, 0.1) is 20.3 Å². The molecule has 0 aliphatic carbocycles. The summed E-state index contributed by atoms with van der Waals surface area (Å²) in [5, 5.41) is 0. The minimum Gasteiger partial charge on any atom is -0.496 e. The summed E-state index contributed by atoms with van der Waals surface area (Å²) in [5.41, 5.74) is 10.4. The van der Waals surface area contributed by atoms with Crippen LogP contribution in [-0.2, 0) is 0 Å². The molecule has 4 nitrogen and oxygen atoms in total. The number of benzene rings is 1. The number of rotatable bonds is 4. The zero-order chi connectivity index (χ0) is 14.7. The van der Waals surface area contributed by atoms with Crippen molar-refractivity contribution >= 4 is 0 Å². The Morgan fingerprint density at radius 1 is 1.05 bits per heavy atom. The minimum atomic E-state index is -0.340. The summed E-state index contributed by atoms with van der Waals surface area (Å²) in [6.45, 7) is 4.09. The molecule has 0 aliphatic heterocycles. The molecule has 1 aromatic carbocycles. The molecule has 1 aromatic heterocycles. The second-order valence-electron chi connectivity index (χ2n) is 4.71. The van der Waals surface area contributed by atoms with Crippen molar-refractivity contribution in [3.05, 3.63) is 52.7 Å². The van der Waals surface area contributed by atoms with E-state index >= 15 is 0 Å². The molecule has 2 N–H and O–H groups in total. The summed E-state index contributed by atoms with van der Waals surface area (Å²) in [6, 6.07) is 7.48. The van der Waals surface area contributed by atoms with Crippen LogP contribution in [0, 0.1) is 13.8 Å². The van der Waals surface area contributed by atoms with Gasteiger partial charge in [0.25, 0.3) is 0 Å². The Morgan fingerprint density at radius 3 is 2.45 bits per heavy atom. The highest BCUT2D eigenvalue weighted by Crippen LogP contribution is 2.35. The lowest BCUT2D eigenvalue weighted by molar-refractivity contribution is 0.387. The van der Waals surface area contributed by atoms with E-state index in [1.54, 1.807) is 20.4 Å². The summed E-state index contributed by atoms with van der Waals surface area (Å²) in [6.07, 6.45) is 1.69. The lowest BCUT2D eigenvalue weighted by Gasteiger charge is -2.20. The minimum absolute atomic E-state index is 0.340. The van der Waals surface area contributed by atoms with E-state index < -0.39 is 0 Å². The maximum absolute atomic E-state index is 6.39. The van der Waals surface area contributed by atoms with Gasteiger partial charge in [-0.25, -0.2) is 4.98 Å². The molecule has 0 amide bonds. The molecule has 0 saturated carbocycles. The molecule has 0 bridgehead atoms. The highest BCUT2D eigenvalue weighted by Gasteiger charge is 2.20. The number of methoxy groups -OCH3 is 2. The van der Waals surface area contributed by atoms with Gasteiger partial charge in [0.2, 0.25) is 5.88 Å². The first kappa shape index (κ1) is 14.3. The van der Waals surface area contributed by atoms with E-state index in [4.69, 9.17) is 15.2 Å². The number of hydrogen-bond donors (Lipinski definition) is 1. The molecule has 1 heterocycles. The van der Waals surface area contributed by atoms with Crippen LogP contribution in [0.3, 0.4) is 0 Å². The quantitative estimate of drug-likeness (QED) is 0.929. The van der Waals surface area contributed by atoms with Crippen molar-refractivity contribution in [3.63, 3.8) is 0 Å². The van der Waals surface area contributed by atoms with E-state index in [0.29, 0.717) is 5.88 Å². The Hall–Kier alpha value is -2.07. The number of hydrogen-bond acceptors (Lipinski definition) is 4. The molecule has 2 aromatic rings. The normalized spacial score (nSPS) is 12.1. The van der Waals surface area contributed by atoms with E-state index in [1.165, 1.54) is 5.56 Å². The number of nitrogens with two attached hydrogens (primary N) is 1. The summed E-state index contributed by atoms with van der Waals surface area (Å²) >= 11 is 0. The van der Waals surface area contributed by atoms with Gasteiger partial charge >= 0.3 is 0 Å². The third-order valence-electron chi connectivity index (χ3n) is 3.58. The molecule has 1 atom stereocenters. The van der Waals surface area contributed by atoms with Crippen LogP contribution in [0.25, 0.3) is 0 Å². The largest absolute Gasteiger partial charge is 0.496 e. The maximum Gasteiger partial charge on any atom is 0.218 e. The maximum atomic E-state index is 6.39. The van der Waals surface area contributed by atoms with Crippen molar-refractivity contribution in [2.24, 2.45) is 5.73 Å². The van der Waals surface area contributed by atoms with Gasteiger partial charge in [-0.2, -0.15) is 0 Å². The smallest absolute Gasteiger partial charge is 0.218 e. The van der Waals surface area contributed by atoms with Gasteiger partial charge in [-0.1, -0.05) is 18.2 Å². The van der Waals surface area contributed by atoms with Gasteiger partial charge in [-0.3, -0.25) is 0 Å². The molecule has 1 unspecified atom stereocenters. The fourth-order valence-corrected chi connectivity index (χ4v) is 2.30. The van der Waals surface area contributed by atoms with Gasteiger partial charge in [0, 0.05) is 17.3 Å². The number of aryl methyl sites for hydroxylation is 1. The summed E-state index contributed by atoms with van der Waals surface area (Å²) in [7, 11) is 3.26. The van der Waals surface area contributed by atoms with Crippen molar-refractivity contribution < 1.29 is 9.47 Å².